The SMILES string of the molecule is OS1(O)C=Nc2cccc(N(C(=S)Nc3ccccc3)c3ccccc3)c2N1. The summed E-state index contributed by atoms with van der Waals surface area (Å²) in [6.45, 7) is 0. The molecule has 3 aromatic carbocycles. The molecule has 0 bridgehead atoms. The Labute approximate surface area is 170 Å². The van der Waals surface area contributed by atoms with Crippen molar-refractivity contribution in [3.8, 4) is 0 Å². The Hall–Kier alpha value is -2.91. The molecule has 0 aromatic heterocycles. The third-order valence-corrected chi connectivity index (χ3v) is 5.28. The maximum atomic E-state index is 10.1. The number of anilines is 4. The highest BCUT2D eigenvalue weighted by molar-refractivity contribution is 8.36. The predicted molar refractivity (Wildman–Crippen MR) is 122 cm³/mol. The molecule has 0 saturated carbocycles. The Morgan fingerprint density at radius 2 is 1.61 bits per heavy atom. The van der Waals surface area contributed by atoms with Crippen LogP contribution in [0.3, 0.4) is 0 Å². The van der Waals surface area contributed by atoms with Gasteiger partial charge in [0.25, 0.3) is 0 Å². The van der Waals surface area contributed by atoms with Gasteiger partial charge in [0, 0.05) is 11.4 Å². The van der Waals surface area contributed by atoms with Crippen molar-refractivity contribution in [2.45, 2.75) is 0 Å². The molecule has 0 saturated heterocycles. The van der Waals surface area contributed by atoms with E-state index in [2.05, 4.69) is 15.0 Å². The average Bonchev–Trinajstić information content (AvgIpc) is 2.69. The summed E-state index contributed by atoms with van der Waals surface area (Å²) in [5.74, 6) is 0. The largest absolute Gasteiger partial charge is 0.332 e. The van der Waals surface area contributed by atoms with Crippen molar-refractivity contribution in [1.82, 2.24) is 0 Å². The van der Waals surface area contributed by atoms with Crippen molar-refractivity contribution in [3.05, 3.63) is 78.9 Å². The second-order valence-corrected chi connectivity index (χ2v) is 8.06. The quantitative estimate of drug-likeness (QED) is 0.398. The van der Waals surface area contributed by atoms with Gasteiger partial charge in [-0.25, -0.2) is 4.99 Å². The Kier molecular flexibility index (Phi) is 5.01. The summed E-state index contributed by atoms with van der Waals surface area (Å²) in [7, 11) is -3.15. The molecule has 1 heterocycles. The first kappa shape index (κ1) is 18.5. The summed E-state index contributed by atoms with van der Waals surface area (Å²) in [4.78, 5) is 6.02. The van der Waals surface area contributed by atoms with Crippen molar-refractivity contribution < 1.29 is 9.11 Å². The zero-order chi connectivity index (χ0) is 19.6. The van der Waals surface area contributed by atoms with Crippen LogP contribution in [-0.4, -0.2) is 19.8 Å². The Balaban J connectivity index is 1.80. The minimum atomic E-state index is -3.15. The normalized spacial score (nSPS) is 15.1. The molecule has 0 atom stereocenters. The molecular formula is C20H18N4O2S2. The van der Waals surface area contributed by atoms with Crippen LogP contribution in [0.5, 0.6) is 0 Å². The Bertz CT molecular complexity index is 1030. The standard InChI is InChI=1S/C20H18N4O2S2/c25-28(26)14-21-17-12-7-13-18(19(17)23-28)24(16-10-5-2-6-11-16)20(27)22-15-8-3-1-4-9-15/h1-14,23,25-26H,(H,22,27). The fraction of sp³-hybridized carbons (Fsp3) is 0. The highest BCUT2D eigenvalue weighted by atomic mass is 32.3. The number of fused-ring (bicyclic) bond motifs is 1. The molecule has 4 rings (SSSR count). The maximum absolute atomic E-state index is 10.1. The van der Waals surface area contributed by atoms with Gasteiger partial charge in [-0.3, -0.25) is 18.7 Å². The molecule has 4 N–H and O–H groups in total. The van der Waals surface area contributed by atoms with Crippen LogP contribution in [-0.2, 0) is 0 Å². The summed E-state index contributed by atoms with van der Waals surface area (Å²) < 4.78 is 23.0. The van der Waals surface area contributed by atoms with Crippen LogP contribution in [0.2, 0.25) is 0 Å². The number of aliphatic imine (C=N–C) groups is 1. The molecule has 0 amide bonds. The lowest BCUT2D eigenvalue weighted by atomic mass is 10.2. The van der Waals surface area contributed by atoms with Crippen molar-refractivity contribution in [3.63, 3.8) is 0 Å². The summed E-state index contributed by atoms with van der Waals surface area (Å²) in [6, 6.07) is 24.8. The van der Waals surface area contributed by atoms with Crippen LogP contribution in [0.4, 0.5) is 28.4 Å². The van der Waals surface area contributed by atoms with E-state index < -0.39 is 10.8 Å². The van der Waals surface area contributed by atoms with Crippen LogP contribution in [0.25, 0.3) is 0 Å². The van der Waals surface area contributed by atoms with E-state index in [4.69, 9.17) is 12.2 Å². The van der Waals surface area contributed by atoms with Gasteiger partial charge >= 0.3 is 0 Å². The van der Waals surface area contributed by atoms with Crippen LogP contribution < -0.4 is 14.9 Å². The minimum Gasteiger partial charge on any atom is -0.332 e. The average molecular weight is 411 g/mol. The molecule has 0 radical (unpaired) electrons. The molecule has 3 aromatic rings. The van der Waals surface area contributed by atoms with Gasteiger partial charge in [-0.1, -0.05) is 53.2 Å². The second kappa shape index (κ2) is 7.61. The number of nitrogens with one attached hydrogen (secondary N) is 2. The van der Waals surface area contributed by atoms with Crippen LogP contribution in [0.1, 0.15) is 0 Å². The van der Waals surface area contributed by atoms with Gasteiger partial charge in [0.05, 0.1) is 11.4 Å². The maximum Gasteiger partial charge on any atom is 0.182 e. The topological polar surface area (TPSA) is 80.1 Å². The van der Waals surface area contributed by atoms with E-state index in [1.54, 1.807) is 6.07 Å². The van der Waals surface area contributed by atoms with E-state index in [0.717, 1.165) is 16.9 Å². The minimum absolute atomic E-state index is 0.443. The third kappa shape index (κ3) is 3.85. The molecule has 142 valence electrons. The molecular weight excluding hydrogens is 392 g/mol. The monoisotopic (exact) mass is 410 g/mol. The van der Waals surface area contributed by atoms with Crippen molar-refractivity contribution in [1.29, 1.82) is 0 Å². The van der Waals surface area contributed by atoms with Gasteiger partial charge in [0.1, 0.15) is 11.2 Å². The number of rotatable bonds is 3. The van der Waals surface area contributed by atoms with Crippen LogP contribution in [0.15, 0.2) is 83.9 Å². The van der Waals surface area contributed by atoms with E-state index in [9.17, 15) is 9.11 Å². The molecule has 0 spiro atoms. The summed E-state index contributed by atoms with van der Waals surface area (Å²) >= 11 is 5.71. The van der Waals surface area contributed by atoms with E-state index in [-0.39, 0.29) is 0 Å². The Morgan fingerprint density at radius 3 is 2.32 bits per heavy atom. The van der Waals surface area contributed by atoms with Gasteiger partial charge in [-0.15, -0.1) is 0 Å². The highest BCUT2D eigenvalue weighted by Crippen LogP contribution is 2.49. The van der Waals surface area contributed by atoms with Gasteiger partial charge in [-0.2, -0.15) is 0 Å². The smallest absolute Gasteiger partial charge is 0.182 e. The number of hydrogen-bond donors (Lipinski definition) is 4. The lowest BCUT2D eigenvalue weighted by Crippen LogP contribution is -2.31. The van der Waals surface area contributed by atoms with Gasteiger partial charge in [0.2, 0.25) is 0 Å². The van der Waals surface area contributed by atoms with Crippen LogP contribution in [0, 0.1) is 0 Å². The zero-order valence-corrected chi connectivity index (χ0v) is 16.3. The molecule has 0 unspecified atom stereocenters. The number of benzene rings is 3. The summed E-state index contributed by atoms with van der Waals surface area (Å²) in [5.41, 5.74) is 4.59. The second-order valence-electron chi connectivity index (χ2n) is 6.07. The van der Waals surface area contributed by atoms with E-state index in [1.165, 1.54) is 0 Å². The molecule has 1 aliphatic heterocycles. The molecule has 0 aliphatic carbocycles. The lowest BCUT2D eigenvalue weighted by molar-refractivity contribution is 0.511. The number of thiocarbonyl (C=S) groups is 1. The first-order valence-electron chi connectivity index (χ1n) is 8.48. The van der Waals surface area contributed by atoms with E-state index in [1.807, 2.05) is 77.7 Å². The number of hydrogen-bond acceptors (Lipinski definition) is 5. The highest BCUT2D eigenvalue weighted by Gasteiger charge is 2.25. The first-order chi connectivity index (χ1) is 13.5. The molecule has 8 heteroatoms. The fourth-order valence-electron chi connectivity index (χ4n) is 2.88. The summed E-state index contributed by atoms with van der Waals surface area (Å²) in [5, 5.41) is 3.68. The van der Waals surface area contributed by atoms with E-state index in [0.29, 0.717) is 22.2 Å². The molecule has 0 fully saturated rings. The molecule has 1 aliphatic rings. The third-order valence-electron chi connectivity index (χ3n) is 4.09. The van der Waals surface area contributed by atoms with Crippen molar-refractivity contribution >= 4 is 62.1 Å². The summed E-state index contributed by atoms with van der Waals surface area (Å²) in [6.07, 6.45) is 0. The van der Waals surface area contributed by atoms with Gasteiger partial charge in [-0.05, 0) is 48.6 Å². The van der Waals surface area contributed by atoms with Gasteiger partial charge in [0.15, 0.2) is 5.11 Å². The molecule has 28 heavy (non-hydrogen) atoms. The first-order valence-corrected chi connectivity index (χ1v) is 10.5. The number of nitrogens with zero attached hydrogens (tertiary/aromatic N) is 2. The number of para-hydroxylation sites is 3. The molecule has 6 nitrogen and oxygen atoms in total. The van der Waals surface area contributed by atoms with Crippen molar-refractivity contribution in [2.24, 2.45) is 4.99 Å². The zero-order valence-electron chi connectivity index (χ0n) is 14.7. The predicted octanol–water partition coefficient (Wildman–Crippen LogP) is 5.97. The van der Waals surface area contributed by atoms with Crippen LogP contribution >= 0.6 is 23.0 Å². The Morgan fingerprint density at radius 1 is 0.929 bits per heavy atom. The van der Waals surface area contributed by atoms with Crippen molar-refractivity contribution in [2.75, 3.05) is 14.9 Å². The van der Waals surface area contributed by atoms with E-state index >= 15 is 0 Å². The lowest BCUT2D eigenvalue weighted by Gasteiger charge is -2.36. The fourth-order valence-corrected chi connectivity index (χ4v) is 4.02. The van der Waals surface area contributed by atoms with Gasteiger partial charge < -0.3 is 5.32 Å².